The first-order valence-electron chi connectivity index (χ1n) is 7.63. The molecule has 0 unspecified atom stereocenters. The van der Waals surface area contributed by atoms with E-state index in [2.05, 4.69) is 16.0 Å². The van der Waals surface area contributed by atoms with Crippen LogP contribution in [0.15, 0.2) is 48.5 Å². The number of rotatable bonds is 4. The molecule has 5 heteroatoms. The molecule has 24 heavy (non-hydrogen) atoms. The summed E-state index contributed by atoms with van der Waals surface area (Å²) >= 11 is 0. The summed E-state index contributed by atoms with van der Waals surface area (Å²) in [6, 6.07) is 15.8. The molecule has 0 fully saturated rings. The van der Waals surface area contributed by atoms with Gasteiger partial charge < -0.3 is 9.88 Å². The summed E-state index contributed by atoms with van der Waals surface area (Å²) in [4.78, 5) is 12.1. The van der Waals surface area contributed by atoms with Crippen molar-refractivity contribution in [2.24, 2.45) is 0 Å². The third kappa shape index (κ3) is 2.99. The first-order valence-corrected chi connectivity index (χ1v) is 7.63. The summed E-state index contributed by atoms with van der Waals surface area (Å²) < 4.78 is 16.0. The van der Waals surface area contributed by atoms with E-state index in [4.69, 9.17) is 5.26 Å². The number of para-hydroxylation sites is 1. The van der Waals surface area contributed by atoms with Crippen molar-refractivity contribution in [3.8, 4) is 6.07 Å². The summed E-state index contributed by atoms with van der Waals surface area (Å²) in [5.41, 5.74) is 2.35. The van der Waals surface area contributed by atoms with E-state index >= 15 is 0 Å². The number of halogens is 1. The number of hydrogen-bond acceptors (Lipinski definition) is 2. The number of aromatic nitrogens is 1. The van der Waals surface area contributed by atoms with Gasteiger partial charge >= 0.3 is 0 Å². The normalized spacial score (nSPS) is 10.5. The van der Waals surface area contributed by atoms with Crippen molar-refractivity contribution in [3.63, 3.8) is 0 Å². The number of aryl methyl sites for hydroxylation is 1. The lowest BCUT2D eigenvalue weighted by atomic mass is 10.1. The zero-order valence-electron chi connectivity index (χ0n) is 13.2. The summed E-state index contributed by atoms with van der Waals surface area (Å²) in [6.07, 6.45) is 0. The predicted octanol–water partition coefficient (Wildman–Crippen LogP) is 3.39. The van der Waals surface area contributed by atoms with Crippen LogP contribution in [0, 0.1) is 24.1 Å². The Balaban J connectivity index is 1.69. The van der Waals surface area contributed by atoms with Crippen LogP contribution >= 0.6 is 0 Å². The maximum atomic E-state index is 13.8. The Labute approximate surface area is 139 Å². The Morgan fingerprint density at radius 2 is 2.04 bits per heavy atom. The van der Waals surface area contributed by atoms with E-state index in [1.54, 1.807) is 0 Å². The molecule has 4 nitrogen and oxygen atoms in total. The van der Waals surface area contributed by atoms with E-state index in [1.165, 1.54) is 12.1 Å². The highest BCUT2D eigenvalue weighted by Crippen LogP contribution is 2.18. The molecule has 3 aromatic rings. The third-order valence-electron chi connectivity index (χ3n) is 3.98. The van der Waals surface area contributed by atoms with Crippen LogP contribution < -0.4 is 5.32 Å². The Kier molecular flexibility index (Phi) is 4.30. The van der Waals surface area contributed by atoms with Crippen LogP contribution in [-0.4, -0.2) is 17.0 Å². The molecule has 2 aromatic carbocycles. The SMILES string of the molecule is Cc1cc2ccccc2n1CCNC(=O)c1ccc(C#N)cc1F. The number of benzene rings is 2. The highest BCUT2D eigenvalue weighted by Gasteiger charge is 2.12. The first kappa shape index (κ1) is 15.8. The van der Waals surface area contributed by atoms with Gasteiger partial charge in [-0.15, -0.1) is 0 Å². The second-order valence-electron chi connectivity index (χ2n) is 5.56. The average molecular weight is 321 g/mol. The second-order valence-corrected chi connectivity index (χ2v) is 5.56. The van der Waals surface area contributed by atoms with Crippen LogP contribution in [0.4, 0.5) is 4.39 Å². The van der Waals surface area contributed by atoms with E-state index in [0.29, 0.717) is 13.1 Å². The smallest absolute Gasteiger partial charge is 0.254 e. The van der Waals surface area contributed by atoms with Crippen molar-refractivity contribution >= 4 is 16.8 Å². The third-order valence-corrected chi connectivity index (χ3v) is 3.98. The second kappa shape index (κ2) is 6.55. The molecule has 1 aromatic heterocycles. The van der Waals surface area contributed by atoms with Gasteiger partial charge in [0, 0.05) is 24.3 Å². The summed E-state index contributed by atoms with van der Waals surface area (Å²) in [5, 5.41) is 12.6. The van der Waals surface area contributed by atoms with Gasteiger partial charge in [0.25, 0.3) is 5.91 Å². The van der Waals surface area contributed by atoms with Gasteiger partial charge in [-0.05, 0) is 42.6 Å². The standard InChI is InChI=1S/C19H16FN3O/c1-13-10-15-4-2-3-5-18(15)23(13)9-8-22-19(24)16-7-6-14(12-21)11-17(16)20/h2-7,10-11H,8-9H2,1H3,(H,22,24). The van der Waals surface area contributed by atoms with Crippen LogP contribution in [0.25, 0.3) is 10.9 Å². The van der Waals surface area contributed by atoms with E-state index in [9.17, 15) is 9.18 Å². The Morgan fingerprint density at radius 3 is 2.79 bits per heavy atom. The number of nitriles is 1. The minimum Gasteiger partial charge on any atom is -0.350 e. The fraction of sp³-hybridized carbons (Fsp3) is 0.158. The molecule has 3 rings (SSSR count). The Morgan fingerprint density at radius 1 is 1.25 bits per heavy atom. The highest BCUT2D eigenvalue weighted by molar-refractivity contribution is 5.94. The van der Waals surface area contributed by atoms with Gasteiger partial charge in [0.1, 0.15) is 5.82 Å². The number of amides is 1. The molecule has 1 N–H and O–H groups in total. The van der Waals surface area contributed by atoms with Crippen molar-refractivity contribution in [2.45, 2.75) is 13.5 Å². The van der Waals surface area contributed by atoms with E-state index in [0.717, 1.165) is 22.7 Å². The fourth-order valence-corrected chi connectivity index (χ4v) is 2.79. The lowest BCUT2D eigenvalue weighted by Crippen LogP contribution is -2.28. The first-order chi connectivity index (χ1) is 11.6. The molecular weight excluding hydrogens is 305 g/mol. The number of carbonyl (C=O) groups excluding carboxylic acids is 1. The van der Waals surface area contributed by atoms with Crippen LogP contribution in [-0.2, 0) is 6.54 Å². The van der Waals surface area contributed by atoms with Gasteiger partial charge in [-0.3, -0.25) is 4.79 Å². The maximum Gasteiger partial charge on any atom is 0.254 e. The monoisotopic (exact) mass is 321 g/mol. The number of carbonyl (C=O) groups is 1. The number of fused-ring (bicyclic) bond motifs is 1. The van der Waals surface area contributed by atoms with Crippen molar-refractivity contribution in [2.75, 3.05) is 6.54 Å². The lowest BCUT2D eigenvalue weighted by Gasteiger charge is -2.10. The molecule has 0 spiro atoms. The quantitative estimate of drug-likeness (QED) is 0.801. The van der Waals surface area contributed by atoms with E-state index in [1.807, 2.05) is 37.3 Å². The molecule has 0 aliphatic rings. The van der Waals surface area contributed by atoms with Crippen molar-refractivity contribution in [3.05, 3.63) is 71.2 Å². The van der Waals surface area contributed by atoms with Crippen molar-refractivity contribution in [1.82, 2.24) is 9.88 Å². The van der Waals surface area contributed by atoms with Crippen molar-refractivity contribution in [1.29, 1.82) is 5.26 Å². The van der Waals surface area contributed by atoms with E-state index in [-0.39, 0.29) is 11.1 Å². The molecule has 0 radical (unpaired) electrons. The Bertz CT molecular complexity index is 953. The molecule has 0 bridgehead atoms. The predicted molar refractivity (Wildman–Crippen MR) is 90.1 cm³/mol. The minimum absolute atomic E-state index is 0.0527. The molecule has 0 atom stereocenters. The molecule has 0 aliphatic carbocycles. The fourth-order valence-electron chi connectivity index (χ4n) is 2.79. The average Bonchev–Trinajstić information content (AvgIpc) is 2.90. The molecule has 1 heterocycles. The minimum atomic E-state index is -0.686. The zero-order chi connectivity index (χ0) is 17.1. The van der Waals surface area contributed by atoms with Gasteiger partial charge in [0.15, 0.2) is 0 Å². The van der Waals surface area contributed by atoms with Gasteiger partial charge in [-0.1, -0.05) is 18.2 Å². The number of nitrogens with one attached hydrogen (secondary N) is 1. The maximum absolute atomic E-state index is 13.8. The molecule has 0 aliphatic heterocycles. The molecule has 0 saturated heterocycles. The summed E-state index contributed by atoms with van der Waals surface area (Å²) in [6.45, 7) is 3.00. The van der Waals surface area contributed by atoms with Gasteiger partial charge in [0.05, 0.1) is 17.2 Å². The molecule has 120 valence electrons. The van der Waals surface area contributed by atoms with Gasteiger partial charge in [-0.25, -0.2) is 4.39 Å². The summed E-state index contributed by atoms with van der Waals surface area (Å²) in [7, 11) is 0. The van der Waals surface area contributed by atoms with Gasteiger partial charge in [-0.2, -0.15) is 5.26 Å². The van der Waals surface area contributed by atoms with Crippen LogP contribution in [0.1, 0.15) is 21.6 Å². The van der Waals surface area contributed by atoms with Crippen LogP contribution in [0.5, 0.6) is 0 Å². The number of nitrogens with zero attached hydrogens (tertiary/aromatic N) is 2. The highest BCUT2D eigenvalue weighted by atomic mass is 19.1. The van der Waals surface area contributed by atoms with Crippen LogP contribution in [0.2, 0.25) is 0 Å². The molecule has 1 amide bonds. The largest absolute Gasteiger partial charge is 0.350 e. The van der Waals surface area contributed by atoms with Gasteiger partial charge in [0.2, 0.25) is 0 Å². The lowest BCUT2D eigenvalue weighted by molar-refractivity contribution is 0.0948. The Hall–Kier alpha value is -3.13. The zero-order valence-corrected chi connectivity index (χ0v) is 13.2. The molecule has 0 saturated carbocycles. The van der Waals surface area contributed by atoms with Crippen LogP contribution in [0.3, 0.4) is 0 Å². The molecular formula is C19H16FN3O. The van der Waals surface area contributed by atoms with E-state index < -0.39 is 11.7 Å². The number of hydrogen-bond donors (Lipinski definition) is 1. The topological polar surface area (TPSA) is 57.8 Å². The summed E-state index contributed by atoms with van der Waals surface area (Å²) in [5.74, 6) is -1.17. The van der Waals surface area contributed by atoms with Crippen molar-refractivity contribution < 1.29 is 9.18 Å².